The third-order valence-corrected chi connectivity index (χ3v) is 5.56. The predicted molar refractivity (Wildman–Crippen MR) is 100 cm³/mol. The van der Waals surface area contributed by atoms with Crippen molar-refractivity contribution < 1.29 is 13.2 Å². The van der Waals surface area contributed by atoms with Crippen molar-refractivity contribution in [3.8, 4) is 0 Å². The van der Waals surface area contributed by atoms with E-state index in [0.29, 0.717) is 5.56 Å². The van der Waals surface area contributed by atoms with Gasteiger partial charge in [0.15, 0.2) is 0 Å². The summed E-state index contributed by atoms with van der Waals surface area (Å²) >= 11 is 0. The molecule has 25 heavy (non-hydrogen) atoms. The van der Waals surface area contributed by atoms with Crippen LogP contribution in [0.4, 0.5) is 5.69 Å². The number of rotatable bonds is 7. The molecule has 0 saturated carbocycles. The summed E-state index contributed by atoms with van der Waals surface area (Å²) < 4.78 is 27.2. The molecule has 0 aliphatic rings. The van der Waals surface area contributed by atoms with Gasteiger partial charge in [0, 0.05) is 18.7 Å². The van der Waals surface area contributed by atoms with Gasteiger partial charge in [-0.2, -0.15) is 0 Å². The molecule has 0 aromatic heterocycles. The molecule has 1 amide bonds. The molecule has 2 N–H and O–H groups in total. The maximum atomic E-state index is 12.4. The summed E-state index contributed by atoms with van der Waals surface area (Å²) in [5.41, 5.74) is 3.51. The highest BCUT2D eigenvalue weighted by molar-refractivity contribution is 7.89. The standard InChI is InChI=1S/C19H24N2O3S/c1-4-16-7-5-6-8-17(16)21-19(22)11-12-20-25(23,24)18-10-9-14(2)13-15(18)3/h5-10,13,20H,4,11-12H2,1-3H3,(H,21,22). The smallest absolute Gasteiger partial charge is 0.240 e. The van der Waals surface area contributed by atoms with Crippen molar-refractivity contribution in [2.75, 3.05) is 11.9 Å². The highest BCUT2D eigenvalue weighted by Crippen LogP contribution is 2.17. The summed E-state index contributed by atoms with van der Waals surface area (Å²) in [5.74, 6) is -0.218. The Morgan fingerprint density at radius 3 is 2.48 bits per heavy atom. The molecule has 6 heteroatoms. The lowest BCUT2D eigenvalue weighted by Crippen LogP contribution is -2.28. The Hall–Kier alpha value is -2.18. The van der Waals surface area contributed by atoms with E-state index in [4.69, 9.17) is 0 Å². The number of aryl methyl sites for hydroxylation is 3. The molecule has 2 aromatic carbocycles. The molecule has 0 bridgehead atoms. The lowest BCUT2D eigenvalue weighted by atomic mass is 10.1. The summed E-state index contributed by atoms with van der Waals surface area (Å²) in [4.78, 5) is 12.3. The van der Waals surface area contributed by atoms with Gasteiger partial charge in [-0.05, 0) is 43.5 Å². The van der Waals surface area contributed by atoms with Crippen molar-refractivity contribution in [3.05, 3.63) is 59.2 Å². The minimum absolute atomic E-state index is 0.0514. The number of hydrogen-bond acceptors (Lipinski definition) is 3. The van der Waals surface area contributed by atoms with E-state index in [0.717, 1.165) is 23.2 Å². The first-order chi connectivity index (χ1) is 11.8. The summed E-state index contributed by atoms with van der Waals surface area (Å²) in [7, 11) is -3.62. The molecule has 0 aliphatic carbocycles. The van der Waals surface area contributed by atoms with Gasteiger partial charge < -0.3 is 5.32 Å². The van der Waals surface area contributed by atoms with Crippen molar-refractivity contribution in [2.45, 2.75) is 38.5 Å². The Labute approximate surface area is 149 Å². The minimum Gasteiger partial charge on any atom is -0.326 e. The Morgan fingerprint density at radius 1 is 1.08 bits per heavy atom. The Balaban J connectivity index is 1.94. The lowest BCUT2D eigenvalue weighted by Gasteiger charge is -2.11. The molecule has 0 saturated heterocycles. The van der Waals surface area contributed by atoms with Crippen molar-refractivity contribution in [2.24, 2.45) is 0 Å². The van der Waals surface area contributed by atoms with Crippen LogP contribution in [0.1, 0.15) is 30.0 Å². The van der Waals surface area contributed by atoms with Crippen molar-refractivity contribution in [1.82, 2.24) is 4.72 Å². The first-order valence-corrected chi connectivity index (χ1v) is 9.76. The van der Waals surface area contributed by atoms with E-state index in [9.17, 15) is 13.2 Å². The highest BCUT2D eigenvalue weighted by atomic mass is 32.2. The molecule has 0 aliphatic heterocycles. The van der Waals surface area contributed by atoms with E-state index in [-0.39, 0.29) is 23.8 Å². The second-order valence-corrected chi connectivity index (χ2v) is 7.71. The zero-order valence-electron chi connectivity index (χ0n) is 14.8. The van der Waals surface area contributed by atoms with E-state index in [1.807, 2.05) is 44.2 Å². The fourth-order valence-corrected chi connectivity index (χ4v) is 3.90. The zero-order valence-corrected chi connectivity index (χ0v) is 15.6. The number of sulfonamides is 1. The van der Waals surface area contributed by atoms with Gasteiger partial charge in [-0.3, -0.25) is 4.79 Å². The largest absolute Gasteiger partial charge is 0.326 e. The number of benzene rings is 2. The van der Waals surface area contributed by atoms with Gasteiger partial charge in [-0.25, -0.2) is 13.1 Å². The van der Waals surface area contributed by atoms with E-state index >= 15 is 0 Å². The topological polar surface area (TPSA) is 75.3 Å². The monoisotopic (exact) mass is 360 g/mol. The Kier molecular flexibility index (Phi) is 6.33. The second-order valence-electron chi connectivity index (χ2n) is 5.98. The predicted octanol–water partition coefficient (Wildman–Crippen LogP) is 3.17. The fourth-order valence-electron chi connectivity index (χ4n) is 2.64. The quantitative estimate of drug-likeness (QED) is 0.796. The van der Waals surface area contributed by atoms with Gasteiger partial charge in [0.1, 0.15) is 0 Å². The number of carbonyl (C=O) groups excluding carboxylic acids is 1. The third-order valence-electron chi connectivity index (χ3n) is 3.94. The van der Waals surface area contributed by atoms with Crippen LogP contribution in [0.2, 0.25) is 0 Å². The van der Waals surface area contributed by atoms with Crippen LogP contribution in [-0.4, -0.2) is 20.9 Å². The molecule has 5 nitrogen and oxygen atoms in total. The number of carbonyl (C=O) groups is 1. The second kappa shape index (κ2) is 8.27. The maximum Gasteiger partial charge on any atom is 0.240 e. The molecular formula is C19H24N2O3S. The lowest BCUT2D eigenvalue weighted by molar-refractivity contribution is -0.116. The zero-order chi connectivity index (χ0) is 18.4. The van der Waals surface area contributed by atoms with Crippen LogP contribution in [0.5, 0.6) is 0 Å². The molecule has 2 aromatic rings. The molecule has 0 fully saturated rings. The first-order valence-electron chi connectivity index (χ1n) is 8.28. The average Bonchev–Trinajstić information content (AvgIpc) is 2.54. The molecule has 0 spiro atoms. The molecule has 0 heterocycles. The number of hydrogen-bond donors (Lipinski definition) is 2. The third kappa shape index (κ3) is 5.14. The van der Waals surface area contributed by atoms with Gasteiger partial charge in [0.25, 0.3) is 0 Å². The number of amides is 1. The van der Waals surface area contributed by atoms with Crippen molar-refractivity contribution in [1.29, 1.82) is 0 Å². The van der Waals surface area contributed by atoms with E-state index in [2.05, 4.69) is 10.0 Å². The van der Waals surface area contributed by atoms with Gasteiger partial charge in [-0.1, -0.05) is 42.8 Å². The van der Waals surface area contributed by atoms with Crippen molar-refractivity contribution in [3.63, 3.8) is 0 Å². The number of nitrogens with one attached hydrogen (secondary N) is 2. The van der Waals surface area contributed by atoms with Gasteiger partial charge >= 0.3 is 0 Å². The number of anilines is 1. The number of para-hydroxylation sites is 1. The van der Waals surface area contributed by atoms with Crippen LogP contribution < -0.4 is 10.0 Å². The van der Waals surface area contributed by atoms with Crippen LogP contribution in [0, 0.1) is 13.8 Å². The summed E-state index contributed by atoms with van der Waals surface area (Å²) in [6, 6.07) is 12.8. The van der Waals surface area contributed by atoms with Gasteiger partial charge in [0.05, 0.1) is 4.90 Å². The van der Waals surface area contributed by atoms with Gasteiger partial charge in [0.2, 0.25) is 15.9 Å². The normalized spacial score (nSPS) is 11.3. The molecule has 0 unspecified atom stereocenters. The van der Waals surface area contributed by atoms with Gasteiger partial charge in [-0.15, -0.1) is 0 Å². The van der Waals surface area contributed by atoms with Crippen molar-refractivity contribution >= 4 is 21.6 Å². The highest BCUT2D eigenvalue weighted by Gasteiger charge is 2.16. The van der Waals surface area contributed by atoms with Crippen LogP contribution >= 0.6 is 0 Å². The Morgan fingerprint density at radius 2 is 1.80 bits per heavy atom. The first kappa shape index (κ1) is 19.1. The molecule has 0 radical (unpaired) electrons. The van der Waals surface area contributed by atoms with E-state index in [1.165, 1.54) is 0 Å². The molecule has 134 valence electrons. The van der Waals surface area contributed by atoms with Crippen LogP contribution in [0.25, 0.3) is 0 Å². The Bertz CT molecular complexity index is 861. The summed E-state index contributed by atoms with van der Waals surface area (Å²) in [6.45, 7) is 5.74. The maximum absolute atomic E-state index is 12.4. The summed E-state index contributed by atoms with van der Waals surface area (Å²) in [6.07, 6.45) is 0.887. The van der Waals surface area contributed by atoms with E-state index < -0.39 is 10.0 Å². The summed E-state index contributed by atoms with van der Waals surface area (Å²) in [5, 5.41) is 2.83. The average molecular weight is 360 g/mol. The molecule has 2 rings (SSSR count). The molecule has 0 atom stereocenters. The molecular weight excluding hydrogens is 336 g/mol. The SMILES string of the molecule is CCc1ccccc1NC(=O)CCNS(=O)(=O)c1ccc(C)cc1C. The van der Waals surface area contributed by atoms with Crippen LogP contribution in [0.3, 0.4) is 0 Å². The van der Waals surface area contributed by atoms with E-state index in [1.54, 1.807) is 19.1 Å². The fraction of sp³-hybridized carbons (Fsp3) is 0.316. The van der Waals surface area contributed by atoms with Crippen LogP contribution in [-0.2, 0) is 21.2 Å². The van der Waals surface area contributed by atoms with Crippen LogP contribution in [0.15, 0.2) is 47.4 Å². The minimum atomic E-state index is -3.62.